The van der Waals surface area contributed by atoms with Crippen LogP contribution in [0.5, 0.6) is 5.75 Å². The molecule has 2 heterocycles. The number of amides is 1. The zero-order chi connectivity index (χ0) is 18.7. The van der Waals surface area contributed by atoms with Crippen LogP contribution >= 0.6 is 0 Å². The van der Waals surface area contributed by atoms with Gasteiger partial charge in [0.1, 0.15) is 5.75 Å². The molecule has 2 N–H and O–H groups in total. The summed E-state index contributed by atoms with van der Waals surface area (Å²) in [4.78, 5) is 12.7. The normalized spacial score (nSPS) is 20.2. The molecule has 6 nitrogen and oxygen atoms in total. The lowest BCUT2D eigenvalue weighted by atomic mass is 9.90. The number of benzene rings is 1. The van der Waals surface area contributed by atoms with Gasteiger partial charge in [-0.1, -0.05) is 12.1 Å². The molecule has 1 amide bonds. The molecule has 1 saturated heterocycles. The van der Waals surface area contributed by atoms with Gasteiger partial charge in [-0.15, -0.1) is 0 Å². The lowest BCUT2D eigenvalue weighted by Crippen LogP contribution is -2.28. The molecular formula is C17H19F3N4O2. The summed E-state index contributed by atoms with van der Waals surface area (Å²) in [6, 6.07) is 6.09. The average molecular weight is 368 g/mol. The summed E-state index contributed by atoms with van der Waals surface area (Å²) >= 11 is 0. The number of anilines is 1. The van der Waals surface area contributed by atoms with E-state index in [2.05, 4.69) is 15.7 Å². The fourth-order valence-electron chi connectivity index (χ4n) is 3.02. The van der Waals surface area contributed by atoms with Crippen molar-refractivity contribution in [2.75, 3.05) is 25.0 Å². The van der Waals surface area contributed by atoms with Crippen molar-refractivity contribution in [2.45, 2.75) is 12.1 Å². The molecule has 1 aliphatic heterocycles. The summed E-state index contributed by atoms with van der Waals surface area (Å²) in [6.45, 7) is -0.295. The van der Waals surface area contributed by atoms with Gasteiger partial charge in [0.15, 0.2) is 6.61 Å². The first kappa shape index (κ1) is 18.2. The minimum absolute atomic E-state index is 0.0120. The highest BCUT2D eigenvalue weighted by Crippen LogP contribution is 2.31. The zero-order valence-electron chi connectivity index (χ0n) is 14.1. The molecule has 2 atom stereocenters. The molecular weight excluding hydrogens is 349 g/mol. The number of halogens is 3. The third-order valence-electron chi connectivity index (χ3n) is 4.24. The highest BCUT2D eigenvalue weighted by atomic mass is 19.4. The van der Waals surface area contributed by atoms with Crippen molar-refractivity contribution in [3.63, 3.8) is 0 Å². The molecule has 2 aromatic rings. The molecule has 0 bridgehead atoms. The van der Waals surface area contributed by atoms with Crippen LogP contribution in [0.4, 0.5) is 18.9 Å². The second-order valence-corrected chi connectivity index (χ2v) is 6.21. The number of hydrogen-bond donors (Lipinski definition) is 2. The highest BCUT2D eigenvalue weighted by Gasteiger charge is 2.35. The van der Waals surface area contributed by atoms with E-state index in [1.54, 1.807) is 30.1 Å². The number of rotatable bonds is 5. The van der Waals surface area contributed by atoms with Crippen LogP contribution in [0.3, 0.4) is 0 Å². The van der Waals surface area contributed by atoms with Gasteiger partial charge in [0.2, 0.25) is 5.91 Å². The number of hydrogen-bond acceptors (Lipinski definition) is 4. The van der Waals surface area contributed by atoms with Crippen LogP contribution in [0, 0.1) is 5.92 Å². The van der Waals surface area contributed by atoms with Gasteiger partial charge in [0.05, 0.1) is 17.8 Å². The second-order valence-electron chi connectivity index (χ2n) is 6.21. The SMILES string of the molecule is Cn1cc([C@H]2CNC[C@@H]2C(=O)Nc2ccccc2OCC(F)(F)F)cn1. The van der Waals surface area contributed by atoms with Crippen molar-refractivity contribution in [3.05, 3.63) is 42.2 Å². The highest BCUT2D eigenvalue weighted by molar-refractivity contribution is 5.95. The number of ether oxygens (including phenoxy) is 1. The summed E-state index contributed by atoms with van der Waals surface area (Å²) in [5.74, 6) is -0.684. The average Bonchev–Trinajstić information content (AvgIpc) is 3.21. The molecule has 1 aliphatic rings. The predicted molar refractivity (Wildman–Crippen MR) is 88.9 cm³/mol. The lowest BCUT2D eigenvalue weighted by Gasteiger charge is -2.19. The Hall–Kier alpha value is -2.55. The predicted octanol–water partition coefficient (Wildman–Crippen LogP) is 2.30. The van der Waals surface area contributed by atoms with Crippen molar-refractivity contribution < 1.29 is 22.7 Å². The number of nitrogens with zero attached hydrogens (tertiary/aromatic N) is 2. The van der Waals surface area contributed by atoms with Gasteiger partial charge < -0.3 is 15.4 Å². The number of aromatic nitrogens is 2. The van der Waals surface area contributed by atoms with E-state index in [1.165, 1.54) is 12.1 Å². The number of carbonyl (C=O) groups excluding carboxylic acids is 1. The minimum Gasteiger partial charge on any atom is -0.482 e. The van der Waals surface area contributed by atoms with E-state index < -0.39 is 12.8 Å². The molecule has 1 fully saturated rings. The number of para-hydroxylation sites is 2. The van der Waals surface area contributed by atoms with Crippen LogP contribution in [-0.2, 0) is 11.8 Å². The first-order valence-corrected chi connectivity index (χ1v) is 8.12. The Morgan fingerprint density at radius 3 is 2.85 bits per heavy atom. The van der Waals surface area contributed by atoms with Gasteiger partial charge in [-0.25, -0.2) is 0 Å². The van der Waals surface area contributed by atoms with Crippen molar-refractivity contribution in [3.8, 4) is 5.75 Å². The maximum atomic E-state index is 12.7. The molecule has 26 heavy (non-hydrogen) atoms. The van der Waals surface area contributed by atoms with Crippen LogP contribution in [0.2, 0.25) is 0 Å². The summed E-state index contributed by atoms with van der Waals surface area (Å²) in [6.07, 6.45) is -0.867. The monoisotopic (exact) mass is 368 g/mol. The van der Waals surface area contributed by atoms with Crippen molar-refractivity contribution >= 4 is 11.6 Å². The fraction of sp³-hybridized carbons (Fsp3) is 0.412. The van der Waals surface area contributed by atoms with E-state index in [0.29, 0.717) is 13.1 Å². The Balaban J connectivity index is 1.71. The Bertz CT molecular complexity index is 775. The van der Waals surface area contributed by atoms with E-state index in [-0.39, 0.29) is 29.2 Å². The summed E-state index contributed by atoms with van der Waals surface area (Å²) < 4.78 is 43.7. The van der Waals surface area contributed by atoms with Gasteiger partial charge in [-0.3, -0.25) is 9.48 Å². The molecule has 0 spiro atoms. The standard InChI is InChI=1S/C17H19F3N4O2/c1-24-9-11(6-22-24)12-7-21-8-13(12)16(25)23-14-4-2-3-5-15(14)26-10-17(18,19)20/h2-6,9,12-13,21H,7-8,10H2,1H3,(H,23,25)/t12-,13+/m1/s1. The molecule has 0 unspecified atom stereocenters. The Labute approximate surface area is 148 Å². The summed E-state index contributed by atoms with van der Waals surface area (Å²) in [5.41, 5.74) is 1.16. The maximum absolute atomic E-state index is 12.7. The van der Waals surface area contributed by atoms with E-state index in [1.807, 2.05) is 6.20 Å². The molecule has 0 aliphatic carbocycles. The molecule has 1 aromatic heterocycles. The van der Waals surface area contributed by atoms with Crippen LogP contribution in [-0.4, -0.2) is 41.6 Å². The summed E-state index contributed by atoms with van der Waals surface area (Å²) in [7, 11) is 1.80. The Morgan fingerprint density at radius 1 is 1.38 bits per heavy atom. The number of aryl methyl sites for hydroxylation is 1. The van der Waals surface area contributed by atoms with Gasteiger partial charge in [0, 0.05) is 32.3 Å². The number of nitrogens with one attached hydrogen (secondary N) is 2. The second kappa shape index (κ2) is 7.36. The maximum Gasteiger partial charge on any atom is 0.422 e. The first-order chi connectivity index (χ1) is 12.3. The van der Waals surface area contributed by atoms with Crippen molar-refractivity contribution in [2.24, 2.45) is 13.0 Å². The zero-order valence-corrected chi connectivity index (χ0v) is 14.1. The molecule has 9 heteroatoms. The lowest BCUT2D eigenvalue weighted by molar-refractivity contribution is -0.153. The number of alkyl halides is 3. The summed E-state index contributed by atoms with van der Waals surface area (Å²) in [5, 5.41) is 10.0. The molecule has 0 radical (unpaired) electrons. The van der Waals surface area contributed by atoms with Gasteiger partial charge >= 0.3 is 6.18 Å². The molecule has 3 rings (SSSR count). The Kier molecular flexibility index (Phi) is 5.17. The van der Waals surface area contributed by atoms with E-state index in [4.69, 9.17) is 4.74 Å². The van der Waals surface area contributed by atoms with E-state index in [0.717, 1.165) is 5.56 Å². The largest absolute Gasteiger partial charge is 0.482 e. The molecule has 140 valence electrons. The minimum atomic E-state index is -4.45. The van der Waals surface area contributed by atoms with Crippen LogP contribution in [0.1, 0.15) is 11.5 Å². The van der Waals surface area contributed by atoms with Gasteiger partial charge in [-0.05, 0) is 17.7 Å². The third-order valence-corrected chi connectivity index (χ3v) is 4.24. The quantitative estimate of drug-likeness (QED) is 0.850. The fourth-order valence-corrected chi connectivity index (χ4v) is 3.02. The number of carbonyl (C=O) groups is 1. The topological polar surface area (TPSA) is 68.2 Å². The van der Waals surface area contributed by atoms with Crippen LogP contribution in [0.15, 0.2) is 36.7 Å². The third kappa shape index (κ3) is 4.34. The van der Waals surface area contributed by atoms with Crippen molar-refractivity contribution in [1.82, 2.24) is 15.1 Å². The molecule has 1 aromatic carbocycles. The smallest absolute Gasteiger partial charge is 0.422 e. The van der Waals surface area contributed by atoms with E-state index in [9.17, 15) is 18.0 Å². The van der Waals surface area contributed by atoms with Crippen LogP contribution in [0.25, 0.3) is 0 Å². The first-order valence-electron chi connectivity index (χ1n) is 8.12. The van der Waals surface area contributed by atoms with Gasteiger partial charge in [-0.2, -0.15) is 18.3 Å². The van der Waals surface area contributed by atoms with Gasteiger partial charge in [0.25, 0.3) is 0 Å². The molecule has 0 saturated carbocycles. The van der Waals surface area contributed by atoms with Crippen LogP contribution < -0.4 is 15.4 Å². The Morgan fingerprint density at radius 2 is 2.15 bits per heavy atom. The van der Waals surface area contributed by atoms with Crippen molar-refractivity contribution in [1.29, 1.82) is 0 Å². The van der Waals surface area contributed by atoms with E-state index >= 15 is 0 Å².